The second kappa shape index (κ2) is 6.24. The quantitative estimate of drug-likeness (QED) is 0.798. The van der Waals surface area contributed by atoms with Crippen LogP contribution in [0.15, 0.2) is 24.3 Å². The molecule has 0 spiro atoms. The maximum Gasteiger partial charge on any atom is 0.0507 e. The van der Waals surface area contributed by atoms with Gasteiger partial charge in [0.1, 0.15) is 0 Å². The van der Waals surface area contributed by atoms with Gasteiger partial charge in [-0.1, -0.05) is 29.8 Å². The molecule has 0 aliphatic carbocycles. The molecule has 16 heavy (non-hydrogen) atoms. The fourth-order valence-corrected chi connectivity index (χ4v) is 2.20. The first-order valence-corrected chi connectivity index (χ1v) is 6.26. The molecule has 1 heterocycles. The summed E-state index contributed by atoms with van der Waals surface area (Å²) < 4.78 is 5.33. The van der Waals surface area contributed by atoms with E-state index in [4.69, 9.17) is 16.3 Å². The van der Waals surface area contributed by atoms with Gasteiger partial charge >= 0.3 is 0 Å². The predicted molar refractivity (Wildman–Crippen MR) is 67.0 cm³/mol. The van der Waals surface area contributed by atoms with Crippen molar-refractivity contribution in [2.45, 2.75) is 12.8 Å². The SMILES string of the molecule is Clc1ccccc1CCNCC1CCOC1. The highest BCUT2D eigenvalue weighted by molar-refractivity contribution is 6.31. The van der Waals surface area contributed by atoms with E-state index < -0.39 is 0 Å². The molecule has 3 heteroatoms. The van der Waals surface area contributed by atoms with Gasteiger partial charge in [0.05, 0.1) is 6.61 Å². The van der Waals surface area contributed by atoms with Gasteiger partial charge in [-0.2, -0.15) is 0 Å². The van der Waals surface area contributed by atoms with E-state index in [9.17, 15) is 0 Å². The largest absolute Gasteiger partial charge is 0.381 e. The predicted octanol–water partition coefficient (Wildman–Crippen LogP) is 2.51. The average Bonchev–Trinajstić information content (AvgIpc) is 2.79. The third-order valence-electron chi connectivity index (χ3n) is 2.99. The van der Waals surface area contributed by atoms with Crippen molar-refractivity contribution in [1.82, 2.24) is 5.32 Å². The number of nitrogens with one attached hydrogen (secondary N) is 1. The molecule has 1 N–H and O–H groups in total. The Morgan fingerprint density at radius 1 is 1.38 bits per heavy atom. The van der Waals surface area contributed by atoms with Crippen molar-refractivity contribution in [3.05, 3.63) is 34.9 Å². The lowest BCUT2D eigenvalue weighted by atomic mass is 10.1. The molecule has 1 aromatic rings. The monoisotopic (exact) mass is 239 g/mol. The molecular weight excluding hydrogens is 222 g/mol. The molecule has 0 amide bonds. The fraction of sp³-hybridized carbons (Fsp3) is 0.538. The highest BCUT2D eigenvalue weighted by atomic mass is 35.5. The lowest BCUT2D eigenvalue weighted by Gasteiger charge is -2.09. The first-order valence-electron chi connectivity index (χ1n) is 5.88. The summed E-state index contributed by atoms with van der Waals surface area (Å²) in [5, 5.41) is 4.33. The van der Waals surface area contributed by atoms with E-state index in [-0.39, 0.29) is 0 Å². The topological polar surface area (TPSA) is 21.3 Å². The van der Waals surface area contributed by atoms with Crippen LogP contribution in [0.25, 0.3) is 0 Å². The van der Waals surface area contributed by atoms with Gasteiger partial charge in [-0.3, -0.25) is 0 Å². The normalized spacial score (nSPS) is 20.2. The van der Waals surface area contributed by atoms with E-state index in [0.29, 0.717) is 5.92 Å². The fourth-order valence-electron chi connectivity index (χ4n) is 1.97. The van der Waals surface area contributed by atoms with Crippen molar-refractivity contribution in [2.24, 2.45) is 5.92 Å². The standard InChI is InChI=1S/C13H18ClNO/c14-13-4-2-1-3-12(13)5-7-15-9-11-6-8-16-10-11/h1-4,11,15H,5-10H2. The molecule has 1 fully saturated rings. The summed E-state index contributed by atoms with van der Waals surface area (Å²) in [6, 6.07) is 8.03. The molecule has 2 rings (SSSR count). The molecule has 88 valence electrons. The summed E-state index contributed by atoms with van der Waals surface area (Å²) >= 11 is 6.08. The minimum absolute atomic E-state index is 0.700. The van der Waals surface area contributed by atoms with Crippen LogP contribution >= 0.6 is 11.6 Å². The van der Waals surface area contributed by atoms with Crippen LogP contribution in [0.4, 0.5) is 0 Å². The van der Waals surface area contributed by atoms with Crippen LogP contribution < -0.4 is 5.32 Å². The van der Waals surface area contributed by atoms with Crippen molar-refractivity contribution < 1.29 is 4.74 Å². The first-order chi connectivity index (χ1) is 7.86. The Bertz CT molecular complexity index is 323. The lowest BCUT2D eigenvalue weighted by molar-refractivity contribution is 0.185. The third-order valence-corrected chi connectivity index (χ3v) is 3.35. The molecule has 2 nitrogen and oxygen atoms in total. The van der Waals surface area contributed by atoms with Gasteiger partial charge in [-0.05, 0) is 36.9 Å². The van der Waals surface area contributed by atoms with Crippen LogP contribution in [0.1, 0.15) is 12.0 Å². The van der Waals surface area contributed by atoms with Crippen molar-refractivity contribution in [3.8, 4) is 0 Å². The maximum absolute atomic E-state index is 6.08. The molecule has 1 aliphatic heterocycles. The van der Waals surface area contributed by atoms with E-state index >= 15 is 0 Å². The molecule has 1 aromatic carbocycles. The van der Waals surface area contributed by atoms with Crippen LogP contribution in [0.3, 0.4) is 0 Å². The number of hydrogen-bond acceptors (Lipinski definition) is 2. The minimum Gasteiger partial charge on any atom is -0.381 e. The second-order valence-electron chi connectivity index (χ2n) is 4.28. The Hall–Kier alpha value is -0.570. The van der Waals surface area contributed by atoms with Gasteiger partial charge in [0.15, 0.2) is 0 Å². The van der Waals surface area contributed by atoms with Gasteiger partial charge in [-0.15, -0.1) is 0 Å². The number of halogens is 1. The third kappa shape index (κ3) is 3.48. The zero-order chi connectivity index (χ0) is 11.2. The zero-order valence-electron chi connectivity index (χ0n) is 9.42. The van der Waals surface area contributed by atoms with Crippen LogP contribution in [-0.2, 0) is 11.2 Å². The summed E-state index contributed by atoms with van der Waals surface area (Å²) in [6.45, 7) is 3.89. The average molecular weight is 240 g/mol. The molecule has 1 unspecified atom stereocenters. The van der Waals surface area contributed by atoms with Crippen molar-refractivity contribution in [3.63, 3.8) is 0 Å². The lowest BCUT2D eigenvalue weighted by Crippen LogP contribution is -2.25. The zero-order valence-corrected chi connectivity index (χ0v) is 10.2. The Morgan fingerprint density at radius 3 is 3.00 bits per heavy atom. The summed E-state index contributed by atoms with van der Waals surface area (Å²) in [5.41, 5.74) is 1.22. The first kappa shape index (κ1) is 11.9. The summed E-state index contributed by atoms with van der Waals surface area (Å²) in [6.07, 6.45) is 2.19. The molecule has 1 aliphatic rings. The molecule has 0 aromatic heterocycles. The van der Waals surface area contributed by atoms with E-state index in [1.54, 1.807) is 0 Å². The molecule has 1 atom stereocenters. The second-order valence-corrected chi connectivity index (χ2v) is 4.68. The van der Waals surface area contributed by atoms with Crippen molar-refractivity contribution in [2.75, 3.05) is 26.3 Å². The summed E-state index contributed by atoms with van der Waals surface area (Å²) in [4.78, 5) is 0. The Kier molecular flexibility index (Phi) is 4.64. The highest BCUT2D eigenvalue weighted by Crippen LogP contribution is 2.15. The number of benzene rings is 1. The summed E-state index contributed by atoms with van der Waals surface area (Å²) in [5.74, 6) is 0.700. The number of hydrogen-bond donors (Lipinski definition) is 1. The van der Waals surface area contributed by atoms with Crippen LogP contribution in [0.2, 0.25) is 5.02 Å². The van der Waals surface area contributed by atoms with Crippen LogP contribution in [0.5, 0.6) is 0 Å². The van der Waals surface area contributed by atoms with E-state index in [2.05, 4.69) is 11.4 Å². The highest BCUT2D eigenvalue weighted by Gasteiger charge is 2.14. The molecule has 0 radical (unpaired) electrons. The summed E-state index contributed by atoms with van der Waals surface area (Å²) in [7, 11) is 0. The minimum atomic E-state index is 0.700. The van der Waals surface area contributed by atoms with Gasteiger partial charge in [0.25, 0.3) is 0 Å². The molecule has 1 saturated heterocycles. The van der Waals surface area contributed by atoms with Crippen molar-refractivity contribution >= 4 is 11.6 Å². The van der Waals surface area contributed by atoms with Crippen molar-refractivity contribution in [1.29, 1.82) is 0 Å². The Labute approximate surface area is 102 Å². The van der Waals surface area contributed by atoms with Gasteiger partial charge in [0.2, 0.25) is 0 Å². The molecular formula is C13H18ClNO. The van der Waals surface area contributed by atoms with Crippen LogP contribution in [-0.4, -0.2) is 26.3 Å². The van der Waals surface area contributed by atoms with E-state index in [1.165, 1.54) is 12.0 Å². The Balaban J connectivity index is 1.66. The number of ether oxygens (including phenoxy) is 1. The molecule has 0 saturated carbocycles. The molecule has 0 bridgehead atoms. The van der Waals surface area contributed by atoms with Gasteiger partial charge in [-0.25, -0.2) is 0 Å². The van der Waals surface area contributed by atoms with Gasteiger partial charge in [0, 0.05) is 18.2 Å². The smallest absolute Gasteiger partial charge is 0.0507 e. The van der Waals surface area contributed by atoms with Gasteiger partial charge < -0.3 is 10.1 Å². The number of rotatable bonds is 5. The Morgan fingerprint density at radius 2 is 2.25 bits per heavy atom. The maximum atomic E-state index is 6.08. The van der Waals surface area contributed by atoms with Crippen LogP contribution in [0, 0.1) is 5.92 Å². The van der Waals surface area contributed by atoms with E-state index in [1.807, 2.05) is 18.2 Å². The van der Waals surface area contributed by atoms with E-state index in [0.717, 1.165) is 37.7 Å².